The van der Waals surface area contributed by atoms with E-state index in [4.69, 9.17) is 5.11 Å². The maximum absolute atomic E-state index is 12.2. The highest BCUT2D eigenvalue weighted by atomic mass is 19.4. The van der Waals surface area contributed by atoms with Crippen molar-refractivity contribution in [3.05, 3.63) is 33.7 Å². The molecular formula is C9H10F3NO2. The van der Waals surface area contributed by atoms with Crippen LogP contribution in [0.1, 0.15) is 17.5 Å². The van der Waals surface area contributed by atoms with Gasteiger partial charge in [-0.05, 0) is 6.92 Å². The zero-order valence-corrected chi connectivity index (χ0v) is 8.17. The summed E-state index contributed by atoms with van der Waals surface area (Å²) in [6.45, 7) is 1.49. The number of alkyl halides is 3. The number of nitrogens with zero attached hydrogens (tertiary/aromatic N) is 1. The molecule has 0 amide bonds. The van der Waals surface area contributed by atoms with Crippen molar-refractivity contribution in [1.82, 2.24) is 4.57 Å². The van der Waals surface area contributed by atoms with Gasteiger partial charge in [-0.1, -0.05) is 0 Å². The van der Waals surface area contributed by atoms with E-state index in [2.05, 4.69) is 0 Å². The van der Waals surface area contributed by atoms with Crippen LogP contribution in [0, 0.1) is 6.92 Å². The molecule has 0 aliphatic carbocycles. The maximum atomic E-state index is 12.2. The molecular weight excluding hydrogens is 211 g/mol. The molecule has 0 saturated heterocycles. The third-order valence-electron chi connectivity index (χ3n) is 2.15. The first-order valence-corrected chi connectivity index (χ1v) is 4.16. The number of pyridine rings is 1. The summed E-state index contributed by atoms with van der Waals surface area (Å²) in [6, 6.07) is 1.98. The summed E-state index contributed by atoms with van der Waals surface area (Å²) in [5, 5.41) is 9.00. The lowest BCUT2D eigenvalue weighted by Gasteiger charge is -2.19. The third kappa shape index (κ3) is 2.38. The zero-order valence-electron chi connectivity index (χ0n) is 8.17. The molecule has 1 N–H and O–H groups in total. The van der Waals surface area contributed by atoms with E-state index in [1.54, 1.807) is 0 Å². The summed E-state index contributed by atoms with van der Waals surface area (Å²) in [4.78, 5) is 11.0. The van der Waals surface area contributed by atoms with Gasteiger partial charge in [0.05, 0.1) is 5.69 Å². The van der Waals surface area contributed by atoms with Crippen LogP contribution >= 0.6 is 0 Å². The second kappa shape index (κ2) is 3.69. The Kier molecular flexibility index (Phi) is 2.90. The van der Waals surface area contributed by atoms with E-state index in [0.717, 1.165) is 10.6 Å². The number of hydrogen-bond acceptors (Lipinski definition) is 2. The van der Waals surface area contributed by atoms with Gasteiger partial charge in [0.15, 0.2) is 11.5 Å². The smallest absolute Gasteiger partial charge is 0.378 e. The first-order valence-electron chi connectivity index (χ1n) is 4.16. The lowest BCUT2D eigenvalue weighted by atomic mass is 10.2. The minimum atomic E-state index is -4.77. The Labute approximate surface area is 83.8 Å². The molecule has 0 spiro atoms. The van der Waals surface area contributed by atoms with E-state index in [9.17, 15) is 18.0 Å². The van der Waals surface area contributed by atoms with Gasteiger partial charge in [-0.2, -0.15) is 13.2 Å². The Morgan fingerprint density at radius 1 is 1.40 bits per heavy atom. The van der Waals surface area contributed by atoms with E-state index in [-0.39, 0.29) is 0 Å². The highest BCUT2D eigenvalue weighted by molar-refractivity contribution is 5.16. The summed E-state index contributed by atoms with van der Waals surface area (Å²) >= 11 is 0. The zero-order chi connectivity index (χ0) is 11.8. The van der Waals surface area contributed by atoms with Crippen LogP contribution in [0.4, 0.5) is 13.2 Å². The molecule has 1 rings (SSSR count). The van der Waals surface area contributed by atoms with Gasteiger partial charge < -0.3 is 9.67 Å². The van der Waals surface area contributed by atoms with Gasteiger partial charge in [-0.3, -0.25) is 4.79 Å². The molecule has 1 heterocycles. The predicted octanol–water partition coefficient (Wildman–Crippen LogP) is 1.29. The molecule has 0 fully saturated rings. The first-order chi connectivity index (χ1) is 6.73. The van der Waals surface area contributed by atoms with E-state index >= 15 is 0 Å². The lowest BCUT2D eigenvalue weighted by Crippen LogP contribution is -2.26. The molecule has 1 atom stereocenters. The van der Waals surface area contributed by atoms with Crippen molar-refractivity contribution in [2.24, 2.45) is 7.05 Å². The van der Waals surface area contributed by atoms with Gasteiger partial charge in [0.1, 0.15) is 0 Å². The Hall–Kier alpha value is -1.30. The molecule has 1 aromatic rings. The Balaban J connectivity index is 3.32. The summed E-state index contributed by atoms with van der Waals surface area (Å²) in [5.74, 6) is 0. The average molecular weight is 221 g/mol. The molecule has 15 heavy (non-hydrogen) atoms. The highest BCUT2D eigenvalue weighted by Crippen LogP contribution is 2.31. The van der Waals surface area contributed by atoms with Gasteiger partial charge in [0.2, 0.25) is 0 Å². The monoisotopic (exact) mass is 221 g/mol. The van der Waals surface area contributed by atoms with Crippen LogP contribution in [-0.4, -0.2) is 15.8 Å². The minimum absolute atomic E-state index is 0.362. The topological polar surface area (TPSA) is 42.2 Å². The van der Waals surface area contributed by atoms with Crippen LogP contribution in [0.5, 0.6) is 0 Å². The van der Waals surface area contributed by atoms with Gasteiger partial charge in [0.25, 0.3) is 0 Å². The van der Waals surface area contributed by atoms with Crippen molar-refractivity contribution in [3.63, 3.8) is 0 Å². The van der Waals surface area contributed by atoms with Gasteiger partial charge in [-0.25, -0.2) is 0 Å². The normalized spacial score (nSPS) is 14.0. The minimum Gasteiger partial charge on any atom is -0.378 e. The Bertz CT molecular complexity index is 422. The molecule has 0 bridgehead atoms. The fraction of sp³-hybridized carbons (Fsp3) is 0.444. The standard InChI is InChI=1S/C9H10F3NO2/c1-5-3-6(14)4-7(13(5)2)8(15)9(10,11)12/h3-4,8,15H,1-2H3. The van der Waals surface area contributed by atoms with Crippen molar-refractivity contribution in [2.45, 2.75) is 19.2 Å². The summed E-state index contributed by atoms with van der Waals surface area (Å²) in [6.07, 6.45) is -7.40. The van der Waals surface area contributed by atoms with Crippen LogP contribution in [0.15, 0.2) is 16.9 Å². The van der Waals surface area contributed by atoms with Gasteiger partial charge in [-0.15, -0.1) is 0 Å². The summed E-state index contributed by atoms with van der Waals surface area (Å²) in [7, 11) is 1.36. The Morgan fingerprint density at radius 3 is 2.40 bits per heavy atom. The Morgan fingerprint density at radius 2 is 1.93 bits per heavy atom. The van der Waals surface area contributed by atoms with Crippen LogP contribution in [0.2, 0.25) is 0 Å². The van der Waals surface area contributed by atoms with Gasteiger partial charge in [0, 0.05) is 24.9 Å². The number of aromatic nitrogens is 1. The molecule has 0 radical (unpaired) electrons. The third-order valence-corrected chi connectivity index (χ3v) is 2.15. The van der Waals surface area contributed by atoms with Crippen LogP contribution in [-0.2, 0) is 7.05 Å². The number of aryl methyl sites for hydroxylation is 1. The SMILES string of the molecule is Cc1cc(=O)cc(C(O)C(F)(F)F)n1C. The molecule has 84 valence electrons. The van der Waals surface area contributed by atoms with Crippen LogP contribution < -0.4 is 5.43 Å². The van der Waals surface area contributed by atoms with E-state index in [0.29, 0.717) is 5.69 Å². The molecule has 0 aliphatic rings. The first kappa shape index (κ1) is 11.8. The number of halogens is 3. The predicted molar refractivity (Wildman–Crippen MR) is 47.4 cm³/mol. The molecule has 1 unspecified atom stereocenters. The molecule has 1 aromatic heterocycles. The highest BCUT2D eigenvalue weighted by Gasteiger charge is 2.40. The molecule has 0 saturated carbocycles. The van der Waals surface area contributed by atoms with Crippen LogP contribution in [0.25, 0.3) is 0 Å². The molecule has 0 aliphatic heterocycles. The lowest BCUT2D eigenvalue weighted by molar-refractivity contribution is -0.208. The van der Waals surface area contributed by atoms with Crippen molar-refractivity contribution in [1.29, 1.82) is 0 Å². The van der Waals surface area contributed by atoms with Crippen molar-refractivity contribution >= 4 is 0 Å². The number of rotatable bonds is 1. The van der Waals surface area contributed by atoms with E-state index in [1.807, 2.05) is 0 Å². The average Bonchev–Trinajstić information content (AvgIpc) is 2.08. The van der Waals surface area contributed by atoms with E-state index in [1.165, 1.54) is 20.0 Å². The van der Waals surface area contributed by atoms with E-state index < -0.39 is 23.4 Å². The van der Waals surface area contributed by atoms with Crippen LogP contribution in [0.3, 0.4) is 0 Å². The summed E-state index contributed by atoms with van der Waals surface area (Å²) < 4.78 is 37.8. The molecule has 0 aromatic carbocycles. The number of hydrogen-bond donors (Lipinski definition) is 1. The van der Waals surface area contributed by atoms with Crippen molar-refractivity contribution in [3.8, 4) is 0 Å². The maximum Gasteiger partial charge on any atom is 0.420 e. The van der Waals surface area contributed by atoms with Crippen molar-refractivity contribution in [2.75, 3.05) is 0 Å². The molecule has 3 nitrogen and oxygen atoms in total. The van der Waals surface area contributed by atoms with Gasteiger partial charge >= 0.3 is 6.18 Å². The second-order valence-electron chi connectivity index (χ2n) is 3.26. The fourth-order valence-electron chi connectivity index (χ4n) is 1.22. The van der Waals surface area contributed by atoms with Crippen molar-refractivity contribution < 1.29 is 18.3 Å². The fourth-order valence-corrected chi connectivity index (χ4v) is 1.22. The largest absolute Gasteiger partial charge is 0.420 e. The number of aliphatic hydroxyl groups excluding tert-OH is 1. The summed E-state index contributed by atoms with van der Waals surface area (Å²) in [5.41, 5.74) is -0.641. The molecule has 6 heteroatoms. The second-order valence-corrected chi connectivity index (χ2v) is 3.26. The quantitative estimate of drug-likeness (QED) is 0.776. The number of aliphatic hydroxyl groups is 1.